The molecular weight excluding hydrogens is 487 g/mol. The Labute approximate surface area is 200 Å². The number of benzene rings is 2. The van der Waals surface area contributed by atoms with E-state index in [0.29, 0.717) is 45.2 Å². The first-order chi connectivity index (χ1) is 16.6. The molecule has 2 aromatic carbocycles. The minimum Gasteiger partial charge on any atom is -0.462 e. The maximum Gasteiger partial charge on any atom is 0.573 e. The van der Waals surface area contributed by atoms with E-state index in [4.69, 9.17) is 10.5 Å². The van der Waals surface area contributed by atoms with E-state index in [9.17, 15) is 22.8 Å². The molecule has 0 atom stereocenters. The summed E-state index contributed by atoms with van der Waals surface area (Å²) in [4.78, 5) is 32.0. The Morgan fingerprint density at radius 1 is 1.11 bits per heavy atom. The highest BCUT2D eigenvalue weighted by Crippen LogP contribution is 2.33. The molecule has 2 heterocycles. The molecular formula is C22H20F3N5O4S. The Morgan fingerprint density at radius 2 is 1.91 bits per heavy atom. The molecule has 3 N–H and O–H groups in total. The fourth-order valence-electron chi connectivity index (χ4n) is 3.34. The van der Waals surface area contributed by atoms with Crippen LogP contribution in [0.2, 0.25) is 0 Å². The number of nitrogens with one attached hydrogen (secondary N) is 1. The van der Waals surface area contributed by atoms with Crippen LogP contribution in [0.1, 0.15) is 29.6 Å². The third-order valence-corrected chi connectivity index (χ3v) is 5.91. The molecule has 4 aromatic rings. The monoisotopic (exact) mass is 507 g/mol. The average Bonchev–Trinajstić information content (AvgIpc) is 3.31. The summed E-state index contributed by atoms with van der Waals surface area (Å²) in [7, 11) is 1.77. The van der Waals surface area contributed by atoms with Crippen molar-refractivity contribution in [1.29, 1.82) is 0 Å². The van der Waals surface area contributed by atoms with Gasteiger partial charge in [0, 0.05) is 19.5 Å². The topological polar surface area (TPSA) is 121 Å². The lowest BCUT2D eigenvalue weighted by Crippen LogP contribution is -2.16. The number of primary amides is 1. The highest BCUT2D eigenvalue weighted by molar-refractivity contribution is 7.22. The summed E-state index contributed by atoms with van der Waals surface area (Å²) in [5, 5.41) is 3.50. The number of amides is 1. The number of hydrogen-bond donors (Lipinski definition) is 2. The van der Waals surface area contributed by atoms with E-state index >= 15 is 0 Å². The van der Waals surface area contributed by atoms with E-state index in [1.807, 2.05) is 0 Å². The summed E-state index contributed by atoms with van der Waals surface area (Å²) >= 11 is 1.15. The third-order valence-electron chi connectivity index (χ3n) is 4.98. The molecule has 0 bridgehead atoms. The molecule has 4 rings (SSSR count). The number of unbranched alkanes of at least 4 members (excludes halogenated alkanes) is 1. The van der Waals surface area contributed by atoms with Crippen molar-refractivity contribution in [1.82, 2.24) is 14.5 Å². The molecule has 2 aromatic heterocycles. The minimum absolute atomic E-state index is 0.173. The Kier molecular flexibility index (Phi) is 6.78. The molecule has 0 spiro atoms. The second-order valence-electron chi connectivity index (χ2n) is 7.58. The molecule has 0 aliphatic rings. The van der Waals surface area contributed by atoms with Gasteiger partial charge in [-0.1, -0.05) is 11.3 Å². The zero-order valence-electron chi connectivity index (χ0n) is 18.4. The predicted molar refractivity (Wildman–Crippen MR) is 124 cm³/mol. The Balaban J connectivity index is 1.47. The van der Waals surface area contributed by atoms with E-state index in [0.717, 1.165) is 16.9 Å². The molecule has 0 fully saturated rings. The number of alkyl halides is 3. The normalized spacial score (nSPS) is 11.7. The molecule has 0 unspecified atom stereocenters. The second-order valence-corrected chi connectivity index (χ2v) is 8.61. The number of imidazole rings is 1. The van der Waals surface area contributed by atoms with Gasteiger partial charge in [0.05, 0.1) is 33.4 Å². The maximum atomic E-state index is 12.5. The zero-order valence-corrected chi connectivity index (χ0v) is 19.2. The number of aryl methyl sites for hydroxylation is 1. The number of esters is 1. The number of nitrogens with zero attached hydrogens (tertiary/aromatic N) is 3. The summed E-state index contributed by atoms with van der Waals surface area (Å²) < 4.78 is 48.9. The van der Waals surface area contributed by atoms with Gasteiger partial charge in [-0.05, 0) is 43.2 Å². The number of halogens is 3. The van der Waals surface area contributed by atoms with Gasteiger partial charge in [-0.3, -0.25) is 4.79 Å². The summed E-state index contributed by atoms with van der Waals surface area (Å²) in [6.45, 7) is 0.173. The number of thiazole rings is 1. The Morgan fingerprint density at radius 3 is 2.66 bits per heavy atom. The van der Waals surface area contributed by atoms with E-state index in [1.165, 1.54) is 18.2 Å². The van der Waals surface area contributed by atoms with E-state index in [2.05, 4.69) is 20.0 Å². The number of carbonyl (C=O) groups excluding carboxylic acids is 2. The largest absolute Gasteiger partial charge is 0.573 e. The SMILES string of the molecule is Cn1c(Nc2nc3ccc(OC(F)(F)F)cc3s2)nc2cc(C(=O)OCCCCC(N)=O)ccc21. The molecule has 0 aliphatic heterocycles. The molecule has 9 nitrogen and oxygen atoms in total. The van der Waals surface area contributed by atoms with Crippen LogP contribution in [-0.2, 0) is 16.6 Å². The van der Waals surface area contributed by atoms with Crippen molar-refractivity contribution >= 4 is 55.5 Å². The number of carbonyl (C=O) groups is 2. The van der Waals surface area contributed by atoms with Gasteiger partial charge in [-0.2, -0.15) is 0 Å². The average molecular weight is 507 g/mol. The van der Waals surface area contributed by atoms with Crippen LogP contribution in [0.15, 0.2) is 36.4 Å². The van der Waals surface area contributed by atoms with Crippen LogP contribution in [0.25, 0.3) is 21.3 Å². The standard InChI is InChI=1S/C22H20F3N5O4S/c1-30-16-8-5-12(19(32)33-9-3-2-4-18(26)31)10-15(16)27-20(30)29-21-28-14-7-6-13(11-17(14)35-21)34-22(23,24)25/h5-8,10-11H,2-4,9H2,1H3,(H2,26,31)(H,27,28,29). The van der Waals surface area contributed by atoms with Crippen LogP contribution in [0.4, 0.5) is 24.3 Å². The van der Waals surface area contributed by atoms with Gasteiger partial charge in [0.15, 0.2) is 5.13 Å². The molecule has 0 aliphatic carbocycles. The lowest BCUT2D eigenvalue weighted by Gasteiger charge is -2.07. The van der Waals surface area contributed by atoms with Crippen molar-refractivity contribution in [3.05, 3.63) is 42.0 Å². The second kappa shape index (κ2) is 9.78. The van der Waals surface area contributed by atoms with Crippen LogP contribution in [0.5, 0.6) is 5.75 Å². The van der Waals surface area contributed by atoms with E-state index < -0.39 is 18.2 Å². The van der Waals surface area contributed by atoms with Crippen LogP contribution in [0, 0.1) is 0 Å². The molecule has 35 heavy (non-hydrogen) atoms. The molecule has 0 saturated carbocycles. The number of nitrogens with two attached hydrogens (primary N) is 1. The number of ether oxygens (including phenoxy) is 2. The number of fused-ring (bicyclic) bond motifs is 2. The lowest BCUT2D eigenvalue weighted by molar-refractivity contribution is -0.274. The van der Waals surface area contributed by atoms with Crippen LogP contribution >= 0.6 is 11.3 Å². The number of anilines is 2. The smallest absolute Gasteiger partial charge is 0.462 e. The highest BCUT2D eigenvalue weighted by Gasteiger charge is 2.31. The molecule has 1 amide bonds. The first-order valence-corrected chi connectivity index (χ1v) is 11.3. The van der Waals surface area contributed by atoms with Crippen LogP contribution in [-0.4, -0.2) is 39.4 Å². The lowest BCUT2D eigenvalue weighted by atomic mass is 10.2. The van der Waals surface area contributed by atoms with Gasteiger partial charge in [0.1, 0.15) is 5.75 Å². The van der Waals surface area contributed by atoms with Crippen molar-refractivity contribution in [3.8, 4) is 5.75 Å². The fourth-order valence-corrected chi connectivity index (χ4v) is 4.23. The first-order valence-electron chi connectivity index (χ1n) is 10.4. The Hall–Kier alpha value is -3.87. The predicted octanol–water partition coefficient (Wildman–Crippen LogP) is 4.64. The number of rotatable bonds is 9. The van der Waals surface area contributed by atoms with Crippen molar-refractivity contribution in [3.63, 3.8) is 0 Å². The molecule has 0 saturated heterocycles. The van der Waals surface area contributed by atoms with E-state index in [-0.39, 0.29) is 18.8 Å². The van der Waals surface area contributed by atoms with Crippen molar-refractivity contribution in [2.45, 2.75) is 25.6 Å². The zero-order chi connectivity index (χ0) is 25.2. The van der Waals surface area contributed by atoms with Crippen LogP contribution < -0.4 is 15.8 Å². The molecule has 0 radical (unpaired) electrons. The number of hydrogen-bond acceptors (Lipinski definition) is 8. The molecule has 184 valence electrons. The van der Waals surface area contributed by atoms with Gasteiger partial charge in [0.2, 0.25) is 11.9 Å². The highest BCUT2D eigenvalue weighted by atomic mass is 32.1. The maximum absolute atomic E-state index is 12.5. The summed E-state index contributed by atoms with van der Waals surface area (Å²) in [5.74, 6) is -0.792. The quantitative estimate of drug-likeness (QED) is 0.250. The summed E-state index contributed by atoms with van der Waals surface area (Å²) in [5.41, 5.74) is 7.20. The van der Waals surface area contributed by atoms with Crippen LogP contribution in [0.3, 0.4) is 0 Å². The third kappa shape index (κ3) is 5.98. The fraction of sp³-hybridized carbons (Fsp3) is 0.273. The van der Waals surface area contributed by atoms with Gasteiger partial charge in [0.25, 0.3) is 0 Å². The Bertz CT molecular complexity index is 1400. The summed E-state index contributed by atoms with van der Waals surface area (Å²) in [6, 6.07) is 8.87. The van der Waals surface area contributed by atoms with Gasteiger partial charge >= 0.3 is 12.3 Å². The first kappa shape index (κ1) is 24.3. The van der Waals surface area contributed by atoms with Crippen molar-refractivity contribution in [2.75, 3.05) is 11.9 Å². The minimum atomic E-state index is -4.78. The van der Waals surface area contributed by atoms with Crippen molar-refractivity contribution < 1.29 is 32.2 Å². The molecule has 13 heteroatoms. The number of aromatic nitrogens is 3. The van der Waals surface area contributed by atoms with Crippen molar-refractivity contribution in [2.24, 2.45) is 12.8 Å². The van der Waals surface area contributed by atoms with Gasteiger partial charge < -0.3 is 25.1 Å². The summed E-state index contributed by atoms with van der Waals surface area (Å²) in [6.07, 6.45) is -3.47. The van der Waals surface area contributed by atoms with Gasteiger partial charge in [-0.25, -0.2) is 14.8 Å². The van der Waals surface area contributed by atoms with E-state index in [1.54, 1.807) is 29.8 Å². The van der Waals surface area contributed by atoms with Gasteiger partial charge in [-0.15, -0.1) is 13.2 Å².